The number of hydrogen-bond acceptors (Lipinski definition) is 3. The summed E-state index contributed by atoms with van der Waals surface area (Å²) in [4.78, 5) is 18.1. The van der Waals surface area contributed by atoms with E-state index in [1.165, 1.54) is 0 Å². The van der Waals surface area contributed by atoms with E-state index in [0.29, 0.717) is 16.7 Å². The predicted octanol–water partition coefficient (Wildman–Crippen LogP) is 5.33. The Hall–Kier alpha value is -3.18. The minimum atomic E-state index is -0.119. The summed E-state index contributed by atoms with van der Waals surface area (Å²) >= 11 is 3.44. The van der Waals surface area contributed by atoms with Crippen LogP contribution in [0.1, 0.15) is 17.0 Å². The summed E-state index contributed by atoms with van der Waals surface area (Å²) < 4.78 is 2.48. The molecule has 0 aliphatic carbocycles. The molecule has 28 heavy (non-hydrogen) atoms. The second kappa shape index (κ2) is 7.44. The molecule has 0 spiro atoms. The average Bonchev–Trinajstić information content (AvgIpc) is 2.69. The summed E-state index contributed by atoms with van der Waals surface area (Å²) in [5.74, 6) is 0.755. The van der Waals surface area contributed by atoms with Crippen molar-refractivity contribution in [3.63, 3.8) is 0 Å². The number of aromatic hydroxyl groups is 1. The molecule has 1 N–H and O–H groups in total. The summed E-state index contributed by atoms with van der Waals surface area (Å²) in [7, 11) is 0. The van der Waals surface area contributed by atoms with Crippen LogP contribution >= 0.6 is 15.9 Å². The molecule has 4 aromatic rings. The van der Waals surface area contributed by atoms with Crippen molar-refractivity contribution in [3.05, 3.63) is 98.5 Å². The van der Waals surface area contributed by atoms with Gasteiger partial charge in [-0.1, -0.05) is 52.3 Å². The van der Waals surface area contributed by atoms with Crippen molar-refractivity contribution in [3.8, 4) is 11.4 Å². The maximum Gasteiger partial charge on any atom is 0.266 e. The van der Waals surface area contributed by atoms with E-state index < -0.39 is 0 Å². The molecule has 0 atom stereocenters. The fraction of sp³-hybridized carbons (Fsp3) is 0.0435. The highest BCUT2D eigenvalue weighted by atomic mass is 79.9. The van der Waals surface area contributed by atoms with Gasteiger partial charge in [-0.25, -0.2) is 4.98 Å². The van der Waals surface area contributed by atoms with Gasteiger partial charge in [-0.2, -0.15) is 0 Å². The van der Waals surface area contributed by atoms with Gasteiger partial charge in [0.15, 0.2) is 0 Å². The Morgan fingerprint density at radius 1 is 1.00 bits per heavy atom. The number of phenols is 1. The molecule has 0 radical (unpaired) electrons. The van der Waals surface area contributed by atoms with E-state index in [1.54, 1.807) is 34.9 Å². The van der Waals surface area contributed by atoms with Crippen LogP contribution in [0.5, 0.6) is 5.75 Å². The topological polar surface area (TPSA) is 55.1 Å². The van der Waals surface area contributed by atoms with Gasteiger partial charge < -0.3 is 5.11 Å². The third-order valence-electron chi connectivity index (χ3n) is 4.53. The highest BCUT2D eigenvalue weighted by Crippen LogP contribution is 2.21. The summed E-state index contributed by atoms with van der Waals surface area (Å²) in [6, 6.07) is 20.1. The first kappa shape index (κ1) is 18.2. The maximum atomic E-state index is 13.3. The van der Waals surface area contributed by atoms with Crippen molar-refractivity contribution < 1.29 is 5.11 Å². The van der Waals surface area contributed by atoms with Gasteiger partial charge >= 0.3 is 0 Å². The fourth-order valence-corrected chi connectivity index (χ4v) is 3.45. The van der Waals surface area contributed by atoms with Crippen LogP contribution in [-0.2, 0) is 0 Å². The summed E-state index contributed by atoms with van der Waals surface area (Å²) in [5.41, 5.74) is 3.21. The number of aryl methyl sites for hydroxylation is 1. The van der Waals surface area contributed by atoms with Crippen LogP contribution < -0.4 is 5.56 Å². The summed E-state index contributed by atoms with van der Waals surface area (Å²) in [6.45, 7) is 1.97. The monoisotopic (exact) mass is 432 g/mol. The number of para-hydroxylation sites is 1. The molecule has 0 saturated carbocycles. The zero-order chi connectivity index (χ0) is 19.7. The molecule has 4 nitrogen and oxygen atoms in total. The molecule has 5 heteroatoms. The molecule has 3 aromatic carbocycles. The molecule has 0 bridgehead atoms. The lowest BCUT2D eigenvalue weighted by Crippen LogP contribution is -2.23. The molecule has 0 unspecified atom stereocenters. The molecule has 0 saturated heterocycles. The number of phenolic OH excluding ortho intramolecular Hbond substituents is 1. The number of nitrogens with zero attached hydrogens (tertiary/aromatic N) is 2. The van der Waals surface area contributed by atoms with Gasteiger partial charge in [0.25, 0.3) is 5.56 Å². The maximum absolute atomic E-state index is 13.3. The Kier molecular flexibility index (Phi) is 4.84. The van der Waals surface area contributed by atoms with E-state index in [9.17, 15) is 9.90 Å². The van der Waals surface area contributed by atoms with Crippen LogP contribution in [0.4, 0.5) is 0 Å². The number of aromatic nitrogens is 2. The normalized spacial score (nSPS) is 11.4. The third kappa shape index (κ3) is 3.49. The van der Waals surface area contributed by atoms with Crippen LogP contribution in [0.25, 0.3) is 28.7 Å². The van der Waals surface area contributed by atoms with Crippen LogP contribution in [0.15, 0.2) is 76.0 Å². The second-order valence-corrected chi connectivity index (χ2v) is 7.40. The minimum absolute atomic E-state index is 0.119. The number of benzene rings is 3. The van der Waals surface area contributed by atoms with Gasteiger partial charge in [0.2, 0.25) is 0 Å². The van der Waals surface area contributed by atoms with Crippen molar-refractivity contribution >= 4 is 39.0 Å². The first-order valence-electron chi connectivity index (χ1n) is 8.78. The molecule has 1 heterocycles. The van der Waals surface area contributed by atoms with Gasteiger partial charge in [-0.3, -0.25) is 9.36 Å². The van der Waals surface area contributed by atoms with Gasteiger partial charge in [-0.05, 0) is 60.5 Å². The van der Waals surface area contributed by atoms with Gasteiger partial charge in [0.05, 0.1) is 16.6 Å². The second-order valence-electron chi connectivity index (χ2n) is 6.48. The molecule has 0 amide bonds. The van der Waals surface area contributed by atoms with E-state index in [-0.39, 0.29) is 11.3 Å². The lowest BCUT2D eigenvalue weighted by atomic mass is 10.1. The van der Waals surface area contributed by atoms with Crippen LogP contribution in [0.2, 0.25) is 0 Å². The number of hydrogen-bond donors (Lipinski definition) is 1. The number of halogens is 1. The Bertz CT molecular complexity index is 1260. The highest BCUT2D eigenvalue weighted by molar-refractivity contribution is 9.10. The van der Waals surface area contributed by atoms with E-state index in [0.717, 1.165) is 21.3 Å². The van der Waals surface area contributed by atoms with Crippen molar-refractivity contribution in [2.24, 2.45) is 0 Å². The zero-order valence-electron chi connectivity index (χ0n) is 15.1. The van der Waals surface area contributed by atoms with Crippen LogP contribution in [0, 0.1) is 6.92 Å². The zero-order valence-corrected chi connectivity index (χ0v) is 16.7. The average molecular weight is 433 g/mol. The summed E-state index contributed by atoms with van der Waals surface area (Å²) in [6.07, 6.45) is 3.70. The highest BCUT2D eigenvalue weighted by Gasteiger charge is 2.13. The Morgan fingerprint density at radius 2 is 1.75 bits per heavy atom. The lowest BCUT2D eigenvalue weighted by molar-refractivity contribution is 0.475. The third-order valence-corrected chi connectivity index (χ3v) is 5.02. The van der Waals surface area contributed by atoms with E-state index in [2.05, 4.69) is 15.9 Å². The van der Waals surface area contributed by atoms with E-state index in [4.69, 9.17) is 4.98 Å². The van der Waals surface area contributed by atoms with Crippen molar-refractivity contribution in [2.45, 2.75) is 6.92 Å². The van der Waals surface area contributed by atoms with Crippen molar-refractivity contribution in [1.82, 2.24) is 9.55 Å². The van der Waals surface area contributed by atoms with Crippen molar-refractivity contribution in [1.29, 1.82) is 0 Å². The van der Waals surface area contributed by atoms with Gasteiger partial charge in [0, 0.05) is 4.47 Å². The minimum Gasteiger partial charge on any atom is -0.508 e. The first-order chi connectivity index (χ1) is 13.5. The molecule has 0 aliphatic rings. The Morgan fingerprint density at radius 3 is 2.50 bits per heavy atom. The Balaban J connectivity index is 1.97. The lowest BCUT2D eigenvalue weighted by Gasteiger charge is -2.13. The molecule has 0 aliphatic heterocycles. The number of fused-ring (bicyclic) bond motifs is 1. The standard InChI is InChI=1S/C23H17BrN2O2/c1-15-4-2-3-5-21(15)26-22(13-8-16-6-10-18(27)11-7-16)25-20-12-9-17(24)14-19(20)23(26)28/h2-14,27H,1H3. The fourth-order valence-electron chi connectivity index (χ4n) is 3.09. The van der Waals surface area contributed by atoms with Gasteiger partial charge in [0.1, 0.15) is 11.6 Å². The van der Waals surface area contributed by atoms with E-state index >= 15 is 0 Å². The predicted molar refractivity (Wildman–Crippen MR) is 117 cm³/mol. The molecule has 138 valence electrons. The largest absolute Gasteiger partial charge is 0.508 e. The molecule has 1 aromatic heterocycles. The van der Waals surface area contributed by atoms with Crippen molar-refractivity contribution in [2.75, 3.05) is 0 Å². The molecule has 4 rings (SSSR count). The first-order valence-corrected chi connectivity index (χ1v) is 9.58. The SMILES string of the molecule is Cc1ccccc1-n1c(C=Cc2ccc(O)cc2)nc2ccc(Br)cc2c1=O. The van der Waals surface area contributed by atoms with Crippen LogP contribution in [-0.4, -0.2) is 14.7 Å². The molecular formula is C23H17BrN2O2. The number of rotatable bonds is 3. The molecule has 0 fully saturated rings. The molecular weight excluding hydrogens is 416 g/mol. The quantitative estimate of drug-likeness (QED) is 0.475. The van der Waals surface area contributed by atoms with Crippen LogP contribution in [0.3, 0.4) is 0 Å². The Labute approximate surface area is 170 Å². The summed E-state index contributed by atoms with van der Waals surface area (Å²) in [5, 5.41) is 10.0. The smallest absolute Gasteiger partial charge is 0.266 e. The van der Waals surface area contributed by atoms with Gasteiger partial charge in [-0.15, -0.1) is 0 Å². The van der Waals surface area contributed by atoms with E-state index in [1.807, 2.05) is 55.5 Å².